The van der Waals surface area contributed by atoms with Crippen molar-refractivity contribution >= 4 is 6.08 Å². The lowest BCUT2D eigenvalue weighted by Gasteiger charge is -2.04. The number of hydrogen-bond donors (Lipinski definition) is 2. The number of aromatic hydroxyl groups is 1. The van der Waals surface area contributed by atoms with Crippen LogP contribution >= 0.6 is 0 Å². The molecule has 1 aromatic rings. The molecule has 1 unspecified atom stereocenters. The zero-order valence-electron chi connectivity index (χ0n) is 10.8. The lowest BCUT2D eigenvalue weighted by molar-refractivity contribution is 0.105. The average Bonchev–Trinajstić information content (AvgIpc) is 2.35. The number of phenolic OH excluding ortho intramolecular Hbond substituents is 1. The van der Waals surface area contributed by atoms with E-state index >= 15 is 0 Å². The molecule has 0 saturated heterocycles. The molecule has 0 bridgehead atoms. The van der Waals surface area contributed by atoms with Crippen molar-refractivity contribution in [1.82, 2.24) is 0 Å². The molecular weight excluding hydrogens is 232 g/mol. The summed E-state index contributed by atoms with van der Waals surface area (Å²) in [6.07, 6.45) is 4.09. The first-order chi connectivity index (χ1) is 8.63. The van der Waals surface area contributed by atoms with E-state index in [-0.39, 0.29) is 11.9 Å². The number of rotatable bonds is 7. The molecule has 0 aliphatic heterocycles. The molecule has 0 aliphatic carbocycles. The third kappa shape index (κ3) is 5.21. The maximum absolute atomic E-state index is 9.43. The van der Waals surface area contributed by atoms with Crippen LogP contribution in [0.3, 0.4) is 0 Å². The predicted octanol–water partition coefficient (Wildman–Crippen LogP) is 2.20. The van der Waals surface area contributed by atoms with Crippen LogP contribution in [0.2, 0.25) is 0 Å². The summed E-state index contributed by atoms with van der Waals surface area (Å²) in [4.78, 5) is 0. The van der Waals surface area contributed by atoms with Gasteiger partial charge in [-0.05, 0) is 31.0 Å². The number of hydrogen-bond acceptors (Lipinski definition) is 4. The molecule has 0 fully saturated rings. The first kappa shape index (κ1) is 14.5. The van der Waals surface area contributed by atoms with Crippen molar-refractivity contribution in [1.29, 1.82) is 0 Å². The summed E-state index contributed by atoms with van der Waals surface area (Å²) in [6.45, 7) is 2.78. The monoisotopic (exact) mass is 252 g/mol. The van der Waals surface area contributed by atoms with E-state index < -0.39 is 0 Å². The third-order valence-corrected chi connectivity index (χ3v) is 2.41. The normalized spacial score (nSPS) is 12.8. The van der Waals surface area contributed by atoms with Gasteiger partial charge in [0.1, 0.15) is 0 Å². The standard InChI is InChI=1S/C14H20O4/c1-11(15)7-9-18-8-3-4-12-5-6-13(16)14(10-12)17-2/h3-6,10-11,15-16H,7-9H2,1-2H3/b4-3+. The highest BCUT2D eigenvalue weighted by molar-refractivity contribution is 5.55. The minimum Gasteiger partial charge on any atom is -0.504 e. The van der Waals surface area contributed by atoms with Crippen LogP contribution in [0.15, 0.2) is 24.3 Å². The Kier molecular flexibility index (Phi) is 6.25. The lowest BCUT2D eigenvalue weighted by atomic mass is 10.2. The van der Waals surface area contributed by atoms with E-state index in [9.17, 15) is 5.11 Å². The van der Waals surface area contributed by atoms with Gasteiger partial charge in [0.15, 0.2) is 11.5 Å². The Morgan fingerprint density at radius 2 is 2.17 bits per heavy atom. The van der Waals surface area contributed by atoms with E-state index in [1.807, 2.05) is 12.2 Å². The van der Waals surface area contributed by atoms with E-state index in [2.05, 4.69) is 0 Å². The van der Waals surface area contributed by atoms with Gasteiger partial charge in [-0.1, -0.05) is 18.2 Å². The summed E-state index contributed by atoms with van der Waals surface area (Å²) < 4.78 is 10.3. The molecule has 1 atom stereocenters. The van der Waals surface area contributed by atoms with Gasteiger partial charge in [0.2, 0.25) is 0 Å². The maximum Gasteiger partial charge on any atom is 0.161 e. The predicted molar refractivity (Wildman–Crippen MR) is 70.8 cm³/mol. The zero-order chi connectivity index (χ0) is 13.4. The molecule has 0 heterocycles. The van der Waals surface area contributed by atoms with Crippen molar-refractivity contribution in [2.24, 2.45) is 0 Å². The van der Waals surface area contributed by atoms with Crippen LogP contribution in [0.4, 0.5) is 0 Å². The van der Waals surface area contributed by atoms with Crippen LogP contribution in [-0.4, -0.2) is 36.6 Å². The second-order valence-corrected chi connectivity index (χ2v) is 4.05. The Bertz CT molecular complexity index is 385. The van der Waals surface area contributed by atoms with E-state index in [0.717, 1.165) is 5.56 Å². The Morgan fingerprint density at radius 3 is 2.83 bits per heavy atom. The summed E-state index contributed by atoms with van der Waals surface area (Å²) in [5, 5.41) is 18.5. The SMILES string of the molecule is COc1cc(/C=C/COCCC(C)O)ccc1O. The van der Waals surface area contributed by atoms with Gasteiger partial charge in [0, 0.05) is 6.61 Å². The molecule has 1 aromatic carbocycles. The zero-order valence-corrected chi connectivity index (χ0v) is 10.8. The molecule has 4 nitrogen and oxygen atoms in total. The van der Waals surface area contributed by atoms with Gasteiger partial charge < -0.3 is 19.7 Å². The molecule has 1 rings (SSSR count). The van der Waals surface area contributed by atoms with Crippen molar-refractivity contribution in [3.8, 4) is 11.5 Å². The third-order valence-electron chi connectivity index (χ3n) is 2.41. The Morgan fingerprint density at radius 1 is 1.39 bits per heavy atom. The highest BCUT2D eigenvalue weighted by Crippen LogP contribution is 2.26. The highest BCUT2D eigenvalue weighted by atomic mass is 16.5. The smallest absolute Gasteiger partial charge is 0.161 e. The van der Waals surface area contributed by atoms with Gasteiger partial charge in [-0.15, -0.1) is 0 Å². The molecular formula is C14H20O4. The lowest BCUT2D eigenvalue weighted by Crippen LogP contribution is -2.05. The van der Waals surface area contributed by atoms with E-state index in [0.29, 0.717) is 25.4 Å². The molecule has 0 aliphatic rings. The summed E-state index contributed by atoms with van der Waals surface area (Å²) in [5.41, 5.74) is 0.934. The van der Waals surface area contributed by atoms with Crippen molar-refractivity contribution < 1.29 is 19.7 Å². The van der Waals surface area contributed by atoms with Crippen LogP contribution in [0.25, 0.3) is 6.08 Å². The summed E-state index contributed by atoms with van der Waals surface area (Å²) in [6, 6.07) is 5.14. The van der Waals surface area contributed by atoms with Crippen molar-refractivity contribution in [3.05, 3.63) is 29.8 Å². The highest BCUT2D eigenvalue weighted by Gasteiger charge is 2.00. The van der Waals surface area contributed by atoms with Crippen LogP contribution in [0, 0.1) is 0 Å². The fourth-order valence-electron chi connectivity index (χ4n) is 1.39. The number of aliphatic hydroxyl groups is 1. The topological polar surface area (TPSA) is 58.9 Å². The number of phenols is 1. The number of methoxy groups -OCH3 is 1. The minimum atomic E-state index is -0.324. The van der Waals surface area contributed by atoms with Crippen molar-refractivity contribution in [2.45, 2.75) is 19.4 Å². The molecule has 100 valence electrons. The Labute approximate surface area is 107 Å². The minimum absolute atomic E-state index is 0.128. The van der Waals surface area contributed by atoms with E-state index in [1.165, 1.54) is 7.11 Å². The van der Waals surface area contributed by atoms with E-state index in [1.54, 1.807) is 25.1 Å². The van der Waals surface area contributed by atoms with Gasteiger partial charge in [-0.3, -0.25) is 0 Å². The van der Waals surface area contributed by atoms with E-state index in [4.69, 9.17) is 14.6 Å². The molecule has 0 amide bonds. The molecule has 4 heteroatoms. The van der Waals surface area contributed by atoms with Crippen LogP contribution in [0.1, 0.15) is 18.9 Å². The largest absolute Gasteiger partial charge is 0.504 e. The van der Waals surface area contributed by atoms with Gasteiger partial charge in [-0.25, -0.2) is 0 Å². The molecule has 18 heavy (non-hydrogen) atoms. The second kappa shape index (κ2) is 7.74. The quantitative estimate of drug-likeness (QED) is 0.730. The number of ether oxygens (including phenoxy) is 2. The fraction of sp³-hybridized carbons (Fsp3) is 0.429. The van der Waals surface area contributed by atoms with Crippen LogP contribution in [-0.2, 0) is 4.74 Å². The summed E-state index contributed by atoms with van der Waals surface area (Å²) >= 11 is 0. The molecule has 0 saturated carbocycles. The first-order valence-electron chi connectivity index (χ1n) is 5.93. The average molecular weight is 252 g/mol. The second-order valence-electron chi connectivity index (χ2n) is 4.05. The molecule has 2 N–H and O–H groups in total. The van der Waals surface area contributed by atoms with Gasteiger partial charge >= 0.3 is 0 Å². The van der Waals surface area contributed by atoms with Gasteiger partial charge in [-0.2, -0.15) is 0 Å². The first-order valence-corrected chi connectivity index (χ1v) is 5.93. The van der Waals surface area contributed by atoms with Crippen molar-refractivity contribution in [3.63, 3.8) is 0 Å². The number of aliphatic hydroxyl groups excluding tert-OH is 1. The molecule has 0 radical (unpaired) electrons. The van der Waals surface area contributed by atoms with Crippen molar-refractivity contribution in [2.75, 3.05) is 20.3 Å². The van der Waals surface area contributed by atoms with Gasteiger partial charge in [0.05, 0.1) is 19.8 Å². The van der Waals surface area contributed by atoms with Crippen LogP contribution in [0.5, 0.6) is 11.5 Å². The Balaban J connectivity index is 2.38. The summed E-state index contributed by atoms with van der Waals surface area (Å²) in [7, 11) is 1.52. The maximum atomic E-state index is 9.43. The molecule has 0 aromatic heterocycles. The van der Waals surface area contributed by atoms with Crippen LogP contribution < -0.4 is 4.74 Å². The molecule has 0 spiro atoms. The fourth-order valence-corrected chi connectivity index (χ4v) is 1.39. The Hall–Kier alpha value is -1.52. The summed E-state index contributed by atoms with van der Waals surface area (Å²) in [5.74, 6) is 0.579. The number of benzene rings is 1. The van der Waals surface area contributed by atoms with Gasteiger partial charge in [0.25, 0.3) is 0 Å².